The fourth-order valence-electron chi connectivity index (χ4n) is 3.52. The lowest BCUT2D eigenvalue weighted by molar-refractivity contribution is 0.0946. The molecule has 1 fully saturated rings. The highest BCUT2D eigenvalue weighted by atomic mass is 16.5. The largest absolute Gasteiger partial charge is 0.488 e. The molecule has 0 radical (unpaired) electrons. The second-order valence-corrected chi connectivity index (χ2v) is 7.72. The van der Waals surface area contributed by atoms with E-state index in [9.17, 15) is 4.79 Å². The van der Waals surface area contributed by atoms with Gasteiger partial charge in [0.1, 0.15) is 18.1 Å². The van der Waals surface area contributed by atoms with Crippen molar-refractivity contribution in [1.29, 1.82) is 0 Å². The first kappa shape index (κ1) is 20.4. The molecule has 2 aromatic rings. The van der Waals surface area contributed by atoms with E-state index in [2.05, 4.69) is 22.3 Å². The Hall–Kier alpha value is -2.34. The van der Waals surface area contributed by atoms with E-state index in [0.29, 0.717) is 24.5 Å². The van der Waals surface area contributed by atoms with Gasteiger partial charge in [-0.15, -0.1) is 0 Å². The van der Waals surface area contributed by atoms with Crippen LogP contribution in [0.25, 0.3) is 0 Å². The molecule has 6 nitrogen and oxygen atoms in total. The Morgan fingerprint density at radius 2 is 2.04 bits per heavy atom. The molecule has 1 aliphatic heterocycles. The number of likely N-dealkylation sites (tertiary alicyclic amines) is 1. The highest BCUT2D eigenvalue weighted by Crippen LogP contribution is 2.21. The van der Waals surface area contributed by atoms with E-state index < -0.39 is 0 Å². The average Bonchev–Trinajstić information content (AvgIpc) is 3.02. The molecule has 1 saturated heterocycles. The van der Waals surface area contributed by atoms with Crippen LogP contribution in [0.15, 0.2) is 28.8 Å². The fraction of sp³-hybridized carbons (Fsp3) is 0.545. The van der Waals surface area contributed by atoms with Crippen LogP contribution in [0.5, 0.6) is 5.75 Å². The Balaban J connectivity index is 1.48. The van der Waals surface area contributed by atoms with Crippen LogP contribution in [0.3, 0.4) is 0 Å². The molecule has 0 saturated carbocycles. The standard InChI is InChI=1S/C22H31N3O3/c1-16-9-13-25(14-10-16)12-6-11-23-22(26)19-7-4-5-8-21(19)27-15-20-17(2)24-28-18(20)3/h4-5,7-8,16H,6,9-15H2,1-3H3,(H,23,26). The third kappa shape index (κ3) is 5.35. The van der Waals surface area contributed by atoms with Crippen LogP contribution in [-0.2, 0) is 6.61 Å². The van der Waals surface area contributed by atoms with Crippen LogP contribution in [0.1, 0.15) is 53.6 Å². The topological polar surface area (TPSA) is 67.6 Å². The summed E-state index contributed by atoms with van der Waals surface area (Å²) in [5, 5.41) is 6.97. The maximum Gasteiger partial charge on any atom is 0.255 e. The number of carbonyl (C=O) groups excluding carboxylic acids is 1. The number of para-hydroxylation sites is 1. The zero-order valence-electron chi connectivity index (χ0n) is 17.2. The second-order valence-electron chi connectivity index (χ2n) is 7.72. The quantitative estimate of drug-likeness (QED) is 0.702. The van der Waals surface area contributed by atoms with Crippen molar-refractivity contribution in [3.63, 3.8) is 0 Å². The van der Waals surface area contributed by atoms with Crippen LogP contribution in [0.4, 0.5) is 0 Å². The summed E-state index contributed by atoms with van der Waals surface area (Å²) in [6.45, 7) is 10.5. The van der Waals surface area contributed by atoms with Crippen molar-refractivity contribution < 1.29 is 14.1 Å². The third-order valence-corrected chi connectivity index (χ3v) is 5.50. The van der Waals surface area contributed by atoms with E-state index in [1.807, 2.05) is 32.0 Å². The second kappa shape index (κ2) is 9.73. The maximum atomic E-state index is 12.6. The molecule has 6 heteroatoms. The summed E-state index contributed by atoms with van der Waals surface area (Å²) < 4.78 is 11.1. The molecular formula is C22H31N3O3. The monoisotopic (exact) mass is 385 g/mol. The van der Waals surface area contributed by atoms with Crippen LogP contribution in [0.2, 0.25) is 0 Å². The van der Waals surface area contributed by atoms with Gasteiger partial charge >= 0.3 is 0 Å². The summed E-state index contributed by atoms with van der Waals surface area (Å²) in [6.07, 6.45) is 3.52. The van der Waals surface area contributed by atoms with Gasteiger partial charge in [-0.1, -0.05) is 24.2 Å². The zero-order valence-corrected chi connectivity index (χ0v) is 17.2. The summed E-state index contributed by atoms with van der Waals surface area (Å²) in [7, 11) is 0. The predicted molar refractivity (Wildman–Crippen MR) is 109 cm³/mol. The molecule has 0 unspecified atom stereocenters. The van der Waals surface area contributed by atoms with Gasteiger partial charge in [0.15, 0.2) is 0 Å². The number of nitrogens with one attached hydrogen (secondary N) is 1. The van der Waals surface area contributed by atoms with Crippen molar-refractivity contribution in [2.24, 2.45) is 5.92 Å². The summed E-state index contributed by atoms with van der Waals surface area (Å²) in [5.41, 5.74) is 2.29. The number of benzene rings is 1. The van der Waals surface area contributed by atoms with Crippen LogP contribution < -0.4 is 10.1 Å². The normalized spacial score (nSPS) is 15.5. The highest BCUT2D eigenvalue weighted by Gasteiger charge is 2.16. The molecule has 152 valence electrons. The molecule has 28 heavy (non-hydrogen) atoms. The van der Waals surface area contributed by atoms with Crippen LogP contribution in [-0.4, -0.2) is 42.1 Å². The highest BCUT2D eigenvalue weighted by molar-refractivity contribution is 5.96. The van der Waals surface area contributed by atoms with Crippen molar-refractivity contribution in [1.82, 2.24) is 15.4 Å². The number of nitrogens with zero attached hydrogens (tertiary/aromatic N) is 2. The number of amides is 1. The van der Waals surface area contributed by atoms with Crippen LogP contribution in [0, 0.1) is 19.8 Å². The molecule has 0 bridgehead atoms. The van der Waals surface area contributed by atoms with E-state index in [1.54, 1.807) is 6.07 Å². The van der Waals surface area contributed by atoms with Crippen molar-refractivity contribution >= 4 is 5.91 Å². The summed E-state index contributed by atoms with van der Waals surface area (Å²) in [5.74, 6) is 2.07. The van der Waals surface area contributed by atoms with Gasteiger partial charge in [-0.2, -0.15) is 0 Å². The number of aromatic nitrogens is 1. The zero-order chi connectivity index (χ0) is 19.9. The molecule has 1 aromatic heterocycles. The Morgan fingerprint density at radius 1 is 1.29 bits per heavy atom. The lowest BCUT2D eigenvalue weighted by Gasteiger charge is -2.30. The van der Waals surface area contributed by atoms with Gasteiger partial charge in [0.2, 0.25) is 0 Å². The minimum Gasteiger partial charge on any atom is -0.488 e. The Labute approximate surface area is 167 Å². The molecular weight excluding hydrogens is 354 g/mol. The van der Waals surface area contributed by atoms with Gasteiger partial charge in [-0.25, -0.2) is 0 Å². The van der Waals surface area contributed by atoms with Crippen molar-refractivity contribution in [2.45, 2.75) is 46.6 Å². The number of ether oxygens (including phenoxy) is 1. The summed E-state index contributed by atoms with van der Waals surface area (Å²) in [6, 6.07) is 7.34. The molecule has 0 aliphatic carbocycles. The minimum absolute atomic E-state index is 0.0957. The van der Waals surface area contributed by atoms with Gasteiger partial charge in [-0.3, -0.25) is 4.79 Å². The maximum absolute atomic E-state index is 12.6. The first-order chi connectivity index (χ1) is 13.5. The molecule has 1 amide bonds. The SMILES string of the molecule is Cc1noc(C)c1COc1ccccc1C(=O)NCCCN1CCC(C)CC1. The average molecular weight is 386 g/mol. The predicted octanol–water partition coefficient (Wildman–Crippen LogP) is 3.72. The van der Waals surface area contributed by atoms with Crippen molar-refractivity contribution in [3.05, 3.63) is 46.8 Å². The Bertz CT molecular complexity index is 760. The van der Waals surface area contributed by atoms with E-state index in [0.717, 1.165) is 35.9 Å². The molecule has 1 aromatic carbocycles. The summed E-state index contributed by atoms with van der Waals surface area (Å²) in [4.78, 5) is 15.1. The number of hydrogen-bond donors (Lipinski definition) is 1. The number of piperidine rings is 1. The van der Waals surface area contributed by atoms with E-state index in [1.165, 1.54) is 25.9 Å². The molecule has 1 aliphatic rings. The Morgan fingerprint density at radius 3 is 2.75 bits per heavy atom. The minimum atomic E-state index is -0.0957. The Kier molecular flexibility index (Phi) is 7.09. The van der Waals surface area contributed by atoms with Crippen molar-refractivity contribution in [3.8, 4) is 5.75 Å². The number of aryl methyl sites for hydroxylation is 2. The van der Waals surface area contributed by atoms with Crippen LogP contribution >= 0.6 is 0 Å². The lowest BCUT2D eigenvalue weighted by Crippen LogP contribution is -2.35. The van der Waals surface area contributed by atoms with E-state index in [4.69, 9.17) is 9.26 Å². The number of carbonyl (C=O) groups is 1. The van der Waals surface area contributed by atoms with E-state index in [-0.39, 0.29) is 5.91 Å². The first-order valence-electron chi connectivity index (χ1n) is 10.2. The number of hydrogen-bond acceptors (Lipinski definition) is 5. The van der Waals surface area contributed by atoms with Crippen molar-refractivity contribution in [2.75, 3.05) is 26.2 Å². The first-order valence-corrected chi connectivity index (χ1v) is 10.2. The van der Waals surface area contributed by atoms with E-state index >= 15 is 0 Å². The molecule has 3 rings (SSSR count). The van der Waals surface area contributed by atoms with Gasteiger partial charge in [-0.05, 0) is 70.8 Å². The molecule has 0 spiro atoms. The van der Waals surface area contributed by atoms with Gasteiger partial charge in [0.25, 0.3) is 5.91 Å². The molecule has 2 heterocycles. The molecule has 1 N–H and O–H groups in total. The third-order valence-electron chi connectivity index (χ3n) is 5.50. The smallest absolute Gasteiger partial charge is 0.255 e. The molecule has 0 atom stereocenters. The number of rotatable bonds is 8. The lowest BCUT2D eigenvalue weighted by atomic mass is 9.99. The summed E-state index contributed by atoms with van der Waals surface area (Å²) >= 11 is 0. The van der Waals surface area contributed by atoms with Gasteiger partial charge < -0.3 is 19.5 Å². The van der Waals surface area contributed by atoms with Gasteiger partial charge in [0.05, 0.1) is 16.8 Å². The van der Waals surface area contributed by atoms with Gasteiger partial charge in [0, 0.05) is 6.54 Å². The fourth-order valence-corrected chi connectivity index (χ4v) is 3.52.